The van der Waals surface area contributed by atoms with Crippen molar-refractivity contribution in [2.45, 2.75) is 19.3 Å². The number of hydrogen-bond donors (Lipinski definition) is 1. The number of carboxylic acids is 1. The molecule has 1 rings (SSSR count). The summed E-state index contributed by atoms with van der Waals surface area (Å²) >= 11 is 0. The summed E-state index contributed by atoms with van der Waals surface area (Å²) in [5.41, 5.74) is -0.981. The van der Waals surface area contributed by atoms with Gasteiger partial charge in [-0.3, -0.25) is 4.79 Å². The van der Waals surface area contributed by atoms with Crippen LogP contribution >= 0.6 is 12.4 Å². The molecule has 1 aromatic heterocycles. The fourth-order valence-corrected chi connectivity index (χ4v) is 0.945. The number of halogens is 1. The summed E-state index contributed by atoms with van der Waals surface area (Å²) in [6.07, 6.45) is 1.49. The lowest BCUT2D eigenvalue weighted by Gasteiger charge is -2.16. The summed E-state index contributed by atoms with van der Waals surface area (Å²) in [7, 11) is 1.72. The normalized spacial score (nSPS) is 10.7. The number of carbonyl (C=O) groups is 1. The Morgan fingerprint density at radius 1 is 1.62 bits per heavy atom. The fraction of sp³-hybridized carbons (Fsp3) is 0.571. The fourth-order valence-electron chi connectivity index (χ4n) is 0.945. The third kappa shape index (κ3) is 1.98. The molecule has 74 valence electrons. The molecule has 0 saturated heterocycles. The number of aliphatic carboxylic acids is 1. The molecule has 0 bridgehead atoms. The second kappa shape index (κ2) is 3.74. The van der Waals surface area contributed by atoms with Crippen molar-refractivity contribution in [3.05, 3.63) is 12.2 Å². The van der Waals surface area contributed by atoms with E-state index in [4.69, 9.17) is 5.11 Å². The molecular weight excluding hydrogens is 194 g/mol. The summed E-state index contributed by atoms with van der Waals surface area (Å²) in [5, 5.41) is 16.2. The van der Waals surface area contributed by atoms with E-state index in [9.17, 15) is 4.79 Å². The predicted octanol–water partition coefficient (Wildman–Crippen LogP) is 0.599. The van der Waals surface area contributed by atoms with Crippen LogP contribution in [0.15, 0.2) is 6.33 Å². The minimum atomic E-state index is -0.981. The van der Waals surface area contributed by atoms with Crippen LogP contribution in [0.3, 0.4) is 0 Å². The van der Waals surface area contributed by atoms with Crippen LogP contribution in [0.2, 0.25) is 0 Å². The van der Waals surface area contributed by atoms with Crippen LogP contribution in [-0.2, 0) is 17.3 Å². The van der Waals surface area contributed by atoms with Crippen LogP contribution in [0, 0.1) is 0 Å². The van der Waals surface area contributed by atoms with Crippen molar-refractivity contribution in [3.63, 3.8) is 0 Å². The van der Waals surface area contributed by atoms with E-state index in [0.717, 1.165) is 0 Å². The molecule has 0 saturated carbocycles. The monoisotopic (exact) mass is 205 g/mol. The zero-order chi connectivity index (χ0) is 9.35. The van der Waals surface area contributed by atoms with Gasteiger partial charge in [-0.05, 0) is 13.8 Å². The first-order valence-corrected chi connectivity index (χ1v) is 3.54. The van der Waals surface area contributed by atoms with Crippen molar-refractivity contribution in [2.24, 2.45) is 7.05 Å². The highest BCUT2D eigenvalue weighted by atomic mass is 35.5. The Kier molecular flexibility index (Phi) is 3.42. The quantitative estimate of drug-likeness (QED) is 0.768. The molecule has 1 heterocycles. The largest absolute Gasteiger partial charge is 0.481 e. The molecule has 13 heavy (non-hydrogen) atoms. The lowest BCUT2D eigenvalue weighted by Crippen LogP contribution is -2.31. The first kappa shape index (κ1) is 11.9. The molecule has 0 atom stereocenters. The van der Waals surface area contributed by atoms with Gasteiger partial charge in [-0.1, -0.05) is 0 Å². The van der Waals surface area contributed by atoms with Gasteiger partial charge in [0.25, 0.3) is 0 Å². The van der Waals surface area contributed by atoms with Crippen LogP contribution in [0.4, 0.5) is 0 Å². The van der Waals surface area contributed by atoms with E-state index in [-0.39, 0.29) is 12.4 Å². The maximum atomic E-state index is 10.8. The van der Waals surface area contributed by atoms with Gasteiger partial charge in [0.2, 0.25) is 0 Å². The van der Waals surface area contributed by atoms with Crippen molar-refractivity contribution < 1.29 is 9.90 Å². The Morgan fingerprint density at radius 3 is 2.46 bits per heavy atom. The molecule has 0 aliphatic rings. The average Bonchev–Trinajstić information content (AvgIpc) is 2.35. The van der Waals surface area contributed by atoms with Crippen molar-refractivity contribution in [1.29, 1.82) is 0 Å². The van der Waals surface area contributed by atoms with E-state index in [2.05, 4.69) is 10.2 Å². The molecule has 1 N–H and O–H groups in total. The molecule has 0 aliphatic carbocycles. The van der Waals surface area contributed by atoms with Gasteiger partial charge in [-0.25, -0.2) is 0 Å². The van der Waals surface area contributed by atoms with Gasteiger partial charge >= 0.3 is 5.97 Å². The molecule has 0 aromatic carbocycles. The molecule has 0 radical (unpaired) electrons. The topological polar surface area (TPSA) is 68.0 Å². The Hall–Kier alpha value is -1.10. The maximum absolute atomic E-state index is 10.8. The Bertz CT molecular complexity index is 308. The molecule has 1 aromatic rings. The lowest BCUT2D eigenvalue weighted by molar-refractivity contribution is -0.142. The van der Waals surface area contributed by atoms with Gasteiger partial charge in [0, 0.05) is 7.05 Å². The van der Waals surface area contributed by atoms with Crippen LogP contribution in [0.1, 0.15) is 19.7 Å². The highest BCUT2D eigenvalue weighted by Gasteiger charge is 2.33. The summed E-state index contributed by atoms with van der Waals surface area (Å²) in [4.78, 5) is 10.8. The predicted molar refractivity (Wildman–Crippen MR) is 48.9 cm³/mol. The third-order valence-electron chi connectivity index (χ3n) is 1.81. The first-order valence-electron chi connectivity index (χ1n) is 3.54. The standard InChI is InChI=1S/C7H11N3O2.ClH/c1-7(2,6(11)12)5-9-8-4-10(5)3;/h4H,1-3H3,(H,11,12);1H. The van der Waals surface area contributed by atoms with Crippen LogP contribution < -0.4 is 0 Å². The summed E-state index contributed by atoms with van der Waals surface area (Å²) in [6, 6.07) is 0. The summed E-state index contributed by atoms with van der Waals surface area (Å²) < 4.78 is 1.61. The van der Waals surface area contributed by atoms with Gasteiger partial charge in [0.05, 0.1) is 0 Å². The van der Waals surface area contributed by atoms with Crippen molar-refractivity contribution in [2.75, 3.05) is 0 Å². The Labute approximate surface area is 82.2 Å². The highest BCUT2D eigenvalue weighted by Crippen LogP contribution is 2.19. The van der Waals surface area contributed by atoms with Crippen LogP contribution in [0.25, 0.3) is 0 Å². The van der Waals surface area contributed by atoms with E-state index in [1.165, 1.54) is 6.33 Å². The molecule has 6 heteroatoms. The van der Waals surface area contributed by atoms with E-state index in [1.807, 2.05) is 0 Å². The van der Waals surface area contributed by atoms with E-state index >= 15 is 0 Å². The number of aromatic nitrogens is 3. The number of rotatable bonds is 2. The van der Waals surface area contributed by atoms with Gasteiger partial charge in [0.15, 0.2) is 0 Å². The zero-order valence-electron chi connectivity index (χ0n) is 7.68. The molecule has 0 fully saturated rings. The zero-order valence-corrected chi connectivity index (χ0v) is 8.50. The second-order valence-corrected chi connectivity index (χ2v) is 3.20. The summed E-state index contributed by atoms with van der Waals surface area (Å²) in [5.74, 6) is -0.450. The Morgan fingerprint density at radius 2 is 2.15 bits per heavy atom. The van der Waals surface area contributed by atoms with Crippen molar-refractivity contribution in [3.8, 4) is 0 Å². The number of hydrogen-bond acceptors (Lipinski definition) is 3. The highest BCUT2D eigenvalue weighted by molar-refractivity contribution is 5.85. The molecule has 0 unspecified atom stereocenters. The van der Waals surface area contributed by atoms with E-state index in [0.29, 0.717) is 5.82 Å². The van der Waals surface area contributed by atoms with E-state index < -0.39 is 11.4 Å². The van der Waals surface area contributed by atoms with Crippen LogP contribution in [0.5, 0.6) is 0 Å². The molecule has 0 spiro atoms. The second-order valence-electron chi connectivity index (χ2n) is 3.20. The van der Waals surface area contributed by atoms with Gasteiger partial charge in [-0.15, -0.1) is 22.6 Å². The first-order chi connectivity index (χ1) is 5.46. The minimum absolute atomic E-state index is 0. The maximum Gasteiger partial charge on any atom is 0.316 e. The smallest absolute Gasteiger partial charge is 0.316 e. The van der Waals surface area contributed by atoms with Gasteiger partial charge < -0.3 is 9.67 Å². The molecular formula is C7H12ClN3O2. The number of aryl methyl sites for hydroxylation is 1. The van der Waals surface area contributed by atoms with Crippen molar-refractivity contribution >= 4 is 18.4 Å². The van der Waals surface area contributed by atoms with Crippen molar-refractivity contribution in [1.82, 2.24) is 14.8 Å². The van der Waals surface area contributed by atoms with Gasteiger partial charge in [0.1, 0.15) is 17.6 Å². The molecule has 5 nitrogen and oxygen atoms in total. The third-order valence-corrected chi connectivity index (χ3v) is 1.81. The van der Waals surface area contributed by atoms with Gasteiger partial charge in [-0.2, -0.15) is 0 Å². The molecule has 0 amide bonds. The van der Waals surface area contributed by atoms with E-state index in [1.54, 1.807) is 25.5 Å². The minimum Gasteiger partial charge on any atom is -0.481 e. The van der Waals surface area contributed by atoms with Crippen LogP contribution in [-0.4, -0.2) is 25.8 Å². The number of nitrogens with zero attached hydrogens (tertiary/aromatic N) is 3. The summed E-state index contributed by atoms with van der Waals surface area (Å²) in [6.45, 7) is 3.19. The number of carboxylic acid groups (broad SMARTS) is 1. The Balaban J connectivity index is 0.00000144. The average molecular weight is 206 g/mol. The SMILES string of the molecule is Cl.Cn1cnnc1C(C)(C)C(=O)O. The molecule has 0 aliphatic heterocycles. The lowest BCUT2D eigenvalue weighted by atomic mass is 9.93.